The molecule has 1 atom stereocenters. The van der Waals surface area contributed by atoms with Gasteiger partial charge in [-0.3, -0.25) is 0 Å². The van der Waals surface area contributed by atoms with Crippen molar-refractivity contribution in [3.8, 4) is 0 Å². The Kier molecular flexibility index (Phi) is 7.91. The zero-order chi connectivity index (χ0) is 20.2. The number of methoxy groups -OCH3 is 1. The van der Waals surface area contributed by atoms with E-state index in [0.717, 1.165) is 6.42 Å². The molecule has 1 aromatic rings. The van der Waals surface area contributed by atoms with E-state index in [1.54, 1.807) is 0 Å². The molecule has 1 nitrogen and oxygen atoms in total. The van der Waals surface area contributed by atoms with E-state index in [2.05, 4.69) is 107 Å². The maximum absolute atomic E-state index is 5.74. The first-order valence-electron chi connectivity index (χ1n) is 9.77. The Hall–Kier alpha value is -0.432. The molecule has 5 heteroatoms. The van der Waals surface area contributed by atoms with Crippen LogP contribution in [0.5, 0.6) is 0 Å². The van der Waals surface area contributed by atoms with E-state index in [1.165, 1.54) is 5.56 Å². The second kappa shape index (κ2) is 8.72. The first-order valence-corrected chi connectivity index (χ1v) is 25.3. The number of rotatable bonds is 8. The van der Waals surface area contributed by atoms with Crippen molar-refractivity contribution in [2.24, 2.45) is 0 Å². The standard InChI is InChI=1S/C21H40OSi4/c1-22-21(19-20-15-12-11-13-16-20)17-14-18-26(23(2,3)4,24(5,6)7)25(8,9)10/h11-13,15-18,21H,19H2,1-10H3/t14?,21-/m1/s1. The van der Waals surface area contributed by atoms with Crippen LogP contribution in [0.4, 0.5) is 0 Å². The number of ether oxygens (including phenoxy) is 1. The van der Waals surface area contributed by atoms with Crippen LogP contribution in [0.1, 0.15) is 5.56 Å². The van der Waals surface area contributed by atoms with Crippen LogP contribution in [0.3, 0.4) is 0 Å². The minimum atomic E-state index is -1.48. The van der Waals surface area contributed by atoms with Crippen LogP contribution >= 0.6 is 0 Å². The Morgan fingerprint density at radius 1 is 0.846 bits per heavy atom. The minimum absolute atomic E-state index is 0.102. The van der Waals surface area contributed by atoms with Gasteiger partial charge in [0.2, 0.25) is 0 Å². The van der Waals surface area contributed by atoms with E-state index < -0.39 is 29.4 Å². The molecule has 0 aromatic heterocycles. The van der Waals surface area contributed by atoms with E-state index in [4.69, 9.17) is 4.74 Å². The van der Waals surface area contributed by atoms with E-state index in [-0.39, 0.29) is 6.10 Å². The van der Waals surface area contributed by atoms with Gasteiger partial charge in [-0.25, -0.2) is 0 Å². The highest BCUT2D eigenvalue weighted by Crippen LogP contribution is 2.37. The van der Waals surface area contributed by atoms with Gasteiger partial charge in [0.05, 0.1) is 12.7 Å². The summed E-state index contributed by atoms with van der Waals surface area (Å²) in [5.74, 6) is 0. The molecule has 0 aliphatic carbocycles. The van der Waals surface area contributed by atoms with Crippen LogP contribution in [0, 0.1) is 0 Å². The van der Waals surface area contributed by atoms with Crippen LogP contribution in [0.2, 0.25) is 58.9 Å². The van der Waals surface area contributed by atoms with Gasteiger partial charge in [-0.15, -0.1) is 5.73 Å². The minimum Gasteiger partial charge on any atom is -0.376 e. The molecule has 146 valence electrons. The molecular weight excluding hydrogens is 381 g/mol. The highest BCUT2D eigenvalue weighted by Gasteiger charge is 2.60. The van der Waals surface area contributed by atoms with Crippen LogP contribution < -0.4 is 0 Å². The molecule has 1 aromatic carbocycles. The van der Waals surface area contributed by atoms with Crippen molar-refractivity contribution in [1.29, 1.82) is 0 Å². The Morgan fingerprint density at radius 2 is 1.31 bits per heavy atom. The van der Waals surface area contributed by atoms with Crippen molar-refractivity contribution >= 4 is 29.4 Å². The highest BCUT2D eigenvalue weighted by atomic mass is 29.9. The molecule has 0 aliphatic heterocycles. The summed E-state index contributed by atoms with van der Waals surface area (Å²) in [4.78, 5) is 0. The highest BCUT2D eigenvalue weighted by molar-refractivity contribution is 7.90. The molecule has 0 fully saturated rings. The van der Waals surface area contributed by atoms with Crippen LogP contribution in [-0.4, -0.2) is 42.6 Å². The lowest BCUT2D eigenvalue weighted by molar-refractivity contribution is 0.141. The van der Waals surface area contributed by atoms with Crippen molar-refractivity contribution < 1.29 is 4.74 Å². The van der Waals surface area contributed by atoms with Crippen LogP contribution in [-0.2, 0) is 11.2 Å². The predicted octanol–water partition coefficient (Wildman–Crippen LogP) is 6.19. The Morgan fingerprint density at radius 3 is 1.69 bits per heavy atom. The lowest BCUT2D eigenvalue weighted by Gasteiger charge is -2.55. The summed E-state index contributed by atoms with van der Waals surface area (Å²) >= 11 is 0. The fourth-order valence-electron chi connectivity index (χ4n) is 5.36. The fraction of sp³-hybridized carbons (Fsp3) is 0.571. The second-order valence-electron chi connectivity index (χ2n) is 10.5. The van der Waals surface area contributed by atoms with E-state index in [1.807, 2.05) is 7.11 Å². The second-order valence-corrected chi connectivity index (χ2v) is 51.0. The summed E-state index contributed by atoms with van der Waals surface area (Å²) in [7, 11) is -2.03. The topological polar surface area (TPSA) is 9.23 Å². The number of hydrogen-bond acceptors (Lipinski definition) is 1. The SMILES string of the molecule is CO[C@H](C=C=C[Si]([Si](C)(C)C)([Si](C)(C)C)[Si](C)(C)C)Cc1ccccc1. The average Bonchev–Trinajstić information content (AvgIpc) is 2.47. The van der Waals surface area contributed by atoms with Crippen molar-refractivity contribution in [1.82, 2.24) is 0 Å². The molecule has 0 amide bonds. The fourth-order valence-corrected chi connectivity index (χ4v) is 99.4. The van der Waals surface area contributed by atoms with Crippen molar-refractivity contribution in [2.45, 2.75) is 71.4 Å². The van der Waals surface area contributed by atoms with E-state index in [9.17, 15) is 0 Å². The molecule has 0 aliphatic rings. The predicted molar refractivity (Wildman–Crippen MR) is 129 cm³/mol. The van der Waals surface area contributed by atoms with Gasteiger partial charge in [-0.05, 0) is 11.6 Å². The lowest BCUT2D eigenvalue weighted by atomic mass is 10.1. The van der Waals surface area contributed by atoms with E-state index >= 15 is 0 Å². The van der Waals surface area contributed by atoms with Crippen LogP contribution in [0.15, 0.2) is 47.8 Å². The average molecular weight is 421 g/mol. The van der Waals surface area contributed by atoms with Gasteiger partial charge in [0.1, 0.15) is 0 Å². The Labute approximate surface area is 166 Å². The summed E-state index contributed by atoms with van der Waals surface area (Å²) < 4.78 is 5.74. The summed E-state index contributed by atoms with van der Waals surface area (Å²) in [6.07, 6.45) is 3.21. The van der Waals surface area contributed by atoms with Crippen molar-refractivity contribution in [2.75, 3.05) is 7.11 Å². The van der Waals surface area contributed by atoms with Gasteiger partial charge in [0.25, 0.3) is 0 Å². The van der Waals surface area contributed by atoms with Gasteiger partial charge in [-0.2, -0.15) is 0 Å². The molecule has 0 bridgehead atoms. The smallest absolute Gasteiger partial charge is 0.0865 e. The summed E-state index contributed by atoms with van der Waals surface area (Å²) in [5.41, 5.74) is 7.68. The maximum atomic E-state index is 5.74. The summed E-state index contributed by atoms with van der Waals surface area (Å²) in [5, 5.41) is 0. The van der Waals surface area contributed by atoms with Crippen LogP contribution in [0.25, 0.3) is 0 Å². The van der Waals surface area contributed by atoms with Crippen molar-refractivity contribution in [3.05, 3.63) is 53.4 Å². The zero-order valence-corrected chi connectivity index (χ0v) is 22.7. The van der Waals surface area contributed by atoms with Gasteiger partial charge in [-0.1, -0.05) is 95.0 Å². The van der Waals surface area contributed by atoms with Crippen molar-refractivity contribution in [3.63, 3.8) is 0 Å². The molecule has 0 saturated heterocycles. The molecule has 1 rings (SSSR count). The molecule has 0 radical (unpaired) electrons. The van der Waals surface area contributed by atoms with Gasteiger partial charge < -0.3 is 4.74 Å². The molecule has 0 unspecified atom stereocenters. The Balaban J connectivity index is 3.30. The zero-order valence-electron chi connectivity index (χ0n) is 18.7. The lowest BCUT2D eigenvalue weighted by Crippen LogP contribution is -2.81. The third kappa shape index (κ3) is 5.30. The number of hydrogen-bond donors (Lipinski definition) is 0. The normalized spacial score (nSPS) is 14.5. The first kappa shape index (κ1) is 23.6. The summed E-state index contributed by atoms with van der Waals surface area (Å²) in [6, 6.07) is 10.6. The monoisotopic (exact) mass is 420 g/mol. The summed E-state index contributed by atoms with van der Waals surface area (Å²) in [6.45, 7) is 22.1. The van der Waals surface area contributed by atoms with Gasteiger partial charge >= 0.3 is 0 Å². The molecule has 0 heterocycles. The molecule has 0 spiro atoms. The maximum Gasteiger partial charge on any atom is 0.0865 e. The number of benzene rings is 1. The first-order chi connectivity index (χ1) is 11.8. The third-order valence-corrected chi connectivity index (χ3v) is 76.5. The van der Waals surface area contributed by atoms with Gasteiger partial charge in [0.15, 0.2) is 0 Å². The third-order valence-electron chi connectivity index (χ3n) is 5.71. The molecule has 0 N–H and O–H groups in total. The van der Waals surface area contributed by atoms with E-state index in [0.29, 0.717) is 0 Å². The largest absolute Gasteiger partial charge is 0.376 e. The molecular formula is C21H40OSi4. The van der Waals surface area contributed by atoms with Gasteiger partial charge in [0, 0.05) is 36.3 Å². The molecule has 0 saturated carbocycles. The Bertz CT molecular complexity index is 591. The molecule has 26 heavy (non-hydrogen) atoms. The quantitative estimate of drug-likeness (QED) is 0.359.